The number of thiophene rings is 1. The van der Waals surface area contributed by atoms with Crippen LogP contribution in [0.15, 0.2) is 34.8 Å². The van der Waals surface area contributed by atoms with Crippen LogP contribution >= 0.6 is 27.3 Å². The zero-order chi connectivity index (χ0) is 14.7. The van der Waals surface area contributed by atoms with Gasteiger partial charge in [-0.05, 0) is 66.0 Å². The molecule has 0 fully saturated rings. The Morgan fingerprint density at radius 2 is 2.00 bits per heavy atom. The molecule has 2 atom stereocenters. The van der Waals surface area contributed by atoms with E-state index >= 15 is 0 Å². The number of hydrogen-bond acceptors (Lipinski definition) is 3. The molecule has 1 heterocycles. The summed E-state index contributed by atoms with van der Waals surface area (Å²) >= 11 is 5.31. The first kappa shape index (κ1) is 15.5. The molecule has 0 saturated carbocycles. The van der Waals surface area contributed by atoms with Crippen LogP contribution in [0.4, 0.5) is 0 Å². The quantitative estimate of drug-likeness (QED) is 0.821. The van der Waals surface area contributed by atoms with Crippen molar-refractivity contribution in [3.63, 3.8) is 0 Å². The van der Waals surface area contributed by atoms with E-state index in [0.717, 1.165) is 16.6 Å². The Bertz CT molecular complexity index is 582. The lowest BCUT2D eigenvalue weighted by Gasteiger charge is -2.24. The van der Waals surface area contributed by atoms with Crippen molar-refractivity contribution in [2.24, 2.45) is 5.73 Å². The third-order valence-corrected chi connectivity index (χ3v) is 4.93. The minimum atomic E-state index is -0.0993. The molecule has 2 unspecified atom stereocenters. The molecule has 108 valence electrons. The first-order valence-corrected chi connectivity index (χ1v) is 8.37. The van der Waals surface area contributed by atoms with Gasteiger partial charge in [0.05, 0.1) is 4.47 Å². The molecule has 0 bridgehead atoms. The Morgan fingerprint density at radius 3 is 2.55 bits per heavy atom. The average Bonchev–Trinajstić information content (AvgIpc) is 2.83. The molecule has 0 aliphatic rings. The molecule has 20 heavy (non-hydrogen) atoms. The van der Waals surface area contributed by atoms with Crippen LogP contribution in [0, 0.1) is 13.8 Å². The molecule has 1 aromatic heterocycles. The molecule has 1 aromatic carbocycles. The van der Waals surface area contributed by atoms with Gasteiger partial charge in [-0.15, -0.1) is 11.3 Å². The van der Waals surface area contributed by atoms with Crippen molar-refractivity contribution >= 4 is 27.3 Å². The van der Waals surface area contributed by atoms with Crippen LogP contribution in [-0.4, -0.2) is 6.04 Å². The van der Waals surface area contributed by atoms with E-state index < -0.39 is 0 Å². The van der Waals surface area contributed by atoms with Gasteiger partial charge < -0.3 is 10.5 Å². The zero-order valence-corrected chi connectivity index (χ0v) is 14.4. The Labute approximate surface area is 133 Å². The number of rotatable bonds is 5. The van der Waals surface area contributed by atoms with E-state index in [0.29, 0.717) is 0 Å². The summed E-state index contributed by atoms with van der Waals surface area (Å²) in [6, 6.07) is 10.3. The van der Waals surface area contributed by atoms with E-state index in [1.54, 1.807) is 11.3 Å². The Balaban J connectivity index is 2.28. The SMILES string of the molecule is CCC(N)C(Oc1ccc(C)cc1Br)c1ccc(C)s1. The maximum absolute atomic E-state index is 6.25. The Hall–Kier alpha value is -0.840. The van der Waals surface area contributed by atoms with Gasteiger partial charge in [-0.1, -0.05) is 13.0 Å². The highest BCUT2D eigenvalue weighted by Gasteiger charge is 2.23. The van der Waals surface area contributed by atoms with E-state index in [-0.39, 0.29) is 12.1 Å². The molecule has 0 aliphatic heterocycles. The molecular formula is C16H20BrNOS. The van der Waals surface area contributed by atoms with E-state index in [9.17, 15) is 0 Å². The number of benzene rings is 1. The summed E-state index contributed by atoms with van der Waals surface area (Å²) in [5.41, 5.74) is 7.45. The van der Waals surface area contributed by atoms with Crippen molar-refractivity contribution in [3.8, 4) is 5.75 Å². The number of halogens is 1. The fourth-order valence-corrected chi connectivity index (χ4v) is 3.58. The van der Waals surface area contributed by atoms with Crippen molar-refractivity contribution in [1.82, 2.24) is 0 Å². The van der Waals surface area contributed by atoms with Gasteiger partial charge in [0.2, 0.25) is 0 Å². The topological polar surface area (TPSA) is 35.2 Å². The van der Waals surface area contributed by atoms with Gasteiger partial charge >= 0.3 is 0 Å². The highest BCUT2D eigenvalue weighted by molar-refractivity contribution is 9.10. The number of nitrogens with two attached hydrogens (primary N) is 1. The maximum atomic E-state index is 6.25. The molecule has 4 heteroatoms. The molecular weight excluding hydrogens is 334 g/mol. The normalized spacial score (nSPS) is 14.1. The minimum Gasteiger partial charge on any atom is -0.482 e. The summed E-state index contributed by atoms with van der Waals surface area (Å²) < 4.78 is 7.16. The summed E-state index contributed by atoms with van der Waals surface area (Å²) in [5, 5.41) is 0. The summed E-state index contributed by atoms with van der Waals surface area (Å²) in [5.74, 6) is 0.843. The first-order chi connectivity index (χ1) is 9.51. The van der Waals surface area contributed by atoms with Gasteiger partial charge in [0.1, 0.15) is 11.9 Å². The lowest BCUT2D eigenvalue weighted by atomic mass is 10.1. The van der Waals surface area contributed by atoms with Crippen LogP contribution in [0.25, 0.3) is 0 Å². The number of aryl methyl sites for hydroxylation is 2. The van der Waals surface area contributed by atoms with Gasteiger partial charge in [-0.3, -0.25) is 0 Å². The van der Waals surface area contributed by atoms with Crippen molar-refractivity contribution in [2.45, 2.75) is 39.3 Å². The van der Waals surface area contributed by atoms with E-state index in [2.05, 4.69) is 54.9 Å². The van der Waals surface area contributed by atoms with E-state index in [1.165, 1.54) is 15.3 Å². The lowest BCUT2D eigenvalue weighted by Crippen LogP contribution is -2.31. The predicted octanol–water partition coefficient (Wildman–Crippen LogP) is 4.98. The molecule has 0 spiro atoms. The van der Waals surface area contributed by atoms with E-state index in [1.807, 2.05) is 12.1 Å². The predicted molar refractivity (Wildman–Crippen MR) is 89.6 cm³/mol. The van der Waals surface area contributed by atoms with E-state index in [4.69, 9.17) is 10.5 Å². The lowest BCUT2D eigenvalue weighted by molar-refractivity contribution is 0.173. The highest BCUT2D eigenvalue weighted by atomic mass is 79.9. The van der Waals surface area contributed by atoms with Crippen molar-refractivity contribution < 1.29 is 4.74 Å². The molecule has 2 N–H and O–H groups in total. The second kappa shape index (κ2) is 6.74. The Kier molecular flexibility index (Phi) is 5.24. The average molecular weight is 354 g/mol. The Morgan fingerprint density at radius 1 is 1.25 bits per heavy atom. The van der Waals surface area contributed by atoms with Crippen LogP contribution in [-0.2, 0) is 0 Å². The zero-order valence-electron chi connectivity index (χ0n) is 12.0. The summed E-state index contributed by atoms with van der Waals surface area (Å²) in [7, 11) is 0. The van der Waals surface area contributed by atoms with Gasteiger partial charge in [-0.25, -0.2) is 0 Å². The fourth-order valence-electron chi connectivity index (χ4n) is 2.02. The van der Waals surface area contributed by atoms with Gasteiger partial charge in [-0.2, -0.15) is 0 Å². The molecule has 0 radical (unpaired) electrons. The molecule has 0 saturated heterocycles. The summed E-state index contributed by atoms with van der Waals surface area (Å²) in [6.07, 6.45) is 0.781. The summed E-state index contributed by atoms with van der Waals surface area (Å²) in [6.45, 7) is 6.25. The van der Waals surface area contributed by atoms with Gasteiger partial charge in [0.25, 0.3) is 0 Å². The van der Waals surface area contributed by atoms with Gasteiger partial charge in [0, 0.05) is 15.8 Å². The van der Waals surface area contributed by atoms with Gasteiger partial charge in [0.15, 0.2) is 0 Å². The van der Waals surface area contributed by atoms with Crippen LogP contribution < -0.4 is 10.5 Å². The molecule has 2 rings (SSSR count). The van der Waals surface area contributed by atoms with Crippen LogP contribution in [0.1, 0.15) is 34.8 Å². The third-order valence-electron chi connectivity index (χ3n) is 3.24. The second-order valence-electron chi connectivity index (χ2n) is 4.99. The standard InChI is InChI=1S/C16H20BrNOS/c1-4-13(18)16(15-8-6-11(3)20-15)19-14-7-5-10(2)9-12(14)17/h5-9,13,16H,4,18H2,1-3H3. The van der Waals surface area contributed by atoms with Crippen LogP contribution in [0.3, 0.4) is 0 Å². The number of ether oxygens (including phenoxy) is 1. The fraction of sp³-hybridized carbons (Fsp3) is 0.375. The molecule has 2 aromatic rings. The smallest absolute Gasteiger partial charge is 0.148 e. The molecule has 2 nitrogen and oxygen atoms in total. The highest BCUT2D eigenvalue weighted by Crippen LogP contribution is 2.34. The van der Waals surface area contributed by atoms with Crippen LogP contribution in [0.5, 0.6) is 5.75 Å². The third kappa shape index (κ3) is 3.62. The van der Waals surface area contributed by atoms with Crippen LogP contribution in [0.2, 0.25) is 0 Å². The largest absolute Gasteiger partial charge is 0.482 e. The molecule has 0 amide bonds. The second-order valence-corrected chi connectivity index (χ2v) is 7.17. The van der Waals surface area contributed by atoms with Crippen molar-refractivity contribution in [1.29, 1.82) is 0 Å². The maximum Gasteiger partial charge on any atom is 0.148 e. The molecule has 0 aliphatic carbocycles. The monoisotopic (exact) mass is 353 g/mol. The minimum absolute atomic E-state index is 0.0127. The van der Waals surface area contributed by atoms with Crippen molar-refractivity contribution in [3.05, 3.63) is 50.1 Å². The first-order valence-electron chi connectivity index (χ1n) is 6.76. The summed E-state index contributed by atoms with van der Waals surface area (Å²) in [4.78, 5) is 2.46. The van der Waals surface area contributed by atoms with Crippen molar-refractivity contribution in [2.75, 3.05) is 0 Å². The number of hydrogen-bond donors (Lipinski definition) is 1.